The van der Waals surface area contributed by atoms with Crippen molar-refractivity contribution in [1.29, 1.82) is 0 Å². The second-order valence-electron chi connectivity index (χ2n) is 4.25. The lowest BCUT2D eigenvalue weighted by Gasteiger charge is -2.31. The van der Waals surface area contributed by atoms with Crippen molar-refractivity contribution in [3.8, 4) is 0 Å². The van der Waals surface area contributed by atoms with Gasteiger partial charge in [-0.05, 0) is 19.4 Å². The van der Waals surface area contributed by atoms with Gasteiger partial charge in [-0.1, -0.05) is 0 Å². The first-order valence-corrected chi connectivity index (χ1v) is 5.43. The molecule has 2 heterocycles. The number of rotatable bonds is 3. The fourth-order valence-corrected chi connectivity index (χ4v) is 2.23. The van der Waals surface area contributed by atoms with Crippen molar-refractivity contribution in [3.63, 3.8) is 0 Å². The lowest BCUT2D eigenvalue weighted by Crippen LogP contribution is -2.48. The standard InChI is InChI=1S/C10H18N2O3/c1-14-6-5-12-8-10(15-9(12)13)3-2-4-11-7-10/h11H,2-8H2,1H3. The molecule has 0 aromatic carbocycles. The Morgan fingerprint density at radius 2 is 2.53 bits per heavy atom. The van der Waals surface area contributed by atoms with Crippen LogP contribution in [-0.4, -0.2) is 56.5 Å². The molecule has 0 bridgehead atoms. The normalized spacial score (nSPS) is 31.0. The molecule has 0 radical (unpaired) electrons. The van der Waals surface area contributed by atoms with Gasteiger partial charge in [0.1, 0.15) is 5.60 Å². The van der Waals surface area contributed by atoms with Crippen molar-refractivity contribution in [2.24, 2.45) is 0 Å². The van der Waals surface area contributed by atoms with E-state index in [1.807, 2.05) is 0 Å². The Hall–Kier alpha value is -0.810. The quantitative estimate of drug-likeness (QED) is 0.729. The summed E-state index contributed by atoms with van der Waals surface area (Å²) >= 11 is 0. The van der Waals surface area contributed by atoms with Gasteiger partial charge in [0.2, 0.25) is 0 Å². The minimum absolute atomic E-state index is 0.198. The van der Waals surface area contributed by atoms with E-state index in [9.17, 15) is 4.79 Å². The van der Waals surface area contributed by atoms with Crippen molar-refractivity contribution in [2.75, 3.05) is 39.9 Å². The summed E-state index contributed by atoms with van der Waals surface area (Å²) < 4.78 is 10.4. The summed E-state index contributed by atoms with van der Waals surface area (Å²) in [4.78, 5) is 13.3. The van der Waals surface area contributed by atoms with Gasteiger partial charge in [-0.2, -0.15) is 0 Å². The Kier molecular flexibility index (Phi) is 3.11. The Labute approximate surface area is 89.7 Å². The summed E-state index contributed by atoms with van der Waals surface area (Å²) in [7, 11) is 1.64. The van der Waals surface area contributed by atoms with Gasteiger partial charge in [0, 0.05) is 20.2 Å². The zero-order valence-corrected chi connectivity index (χ0v) is 9.12. The maximum Gasteiger partial charge on any atom is 0.410 e. The van der Waals surface area contributed by atoms with Crippen LogP contribution in [-0.2, 0) is 9.47 Å². The Morgan fingerprint density at radius 3 is 3.20 bits per heavy atom. The molecule has 2 rings (SSSR count). The molecular formula is C10H18N2O3. The maximum absolute atomic E-state index is 11.6. The van der Waals surface area contributed by atoms with Gasteiger partial charge in [-0.15, -0.1) is 0 Å². The molecule has 2 fully saturated rings. The molecule has 1 unspecified atom stereocenters. The molecule has 1 atom stereocenters. The molecule has 5 nitrogen and oxygen atoms in total. The maximum atomic E-state index is 11.6. The molecular weight excluding hydrogens is 196 g/mol. The third-order valence-corrected chi connectivity index (χ3v) is 3.04. The topological polar surface area (TPSA) is 50.8 Å². The van der Waals surface area contributed by atoms with E-state index < -0.39 is 0 Å². The molecule has 2 aliphatic rings. The van der Waals surface area contributed by atoms with Crippen LogP contribution in [0.2, 0.25) is 0 Å². The zero-order chi connectivity index (χ0) is 10.7. The second-order valence-corrected chi connectivity index (χ2v) is 4.25. The van der Waals surface area contributed by atoms with Gasteiger partial charge >= 0.3 is 6.09 Å². The predicted molar refractivity (Wildman–Crippen MR) is 54.8 cm³/mol. The molecule has 86 valence electrons. The number of carbonyl (C=O) groups is 1. The van der Waals surface area contributed by atoms with E-state index >= 15 is 0 Å². The van der Waals surface area contributed by atoms with Gasteiger partial charge in [0.15, 0.2) is 0 Å². The summed E-state index contributed by atoms with van der Waals surface area (Å²) in [6.07, 6.45) is 1.84. The number of methoxy groups -OCH3 is 1. The van der Waals surface area contributed by atoms with E-state index in [1.54, 1.807) is 12.0 Å². The van der Waals surface area contributed by atoms with Crippen LogP contribution in [0.15, 0.2) is 0 Å². The van der Waals surface area contributed by atoms with Crippen LogP contribution in [0, 0.1) is 0 Å². The molecule has 1 amide bonds. The number of nitrogens with zero attached hydrogens (tertiary/aromatic N) is 1. The number of piperidine rings is 1. The number of nitrogens with one attached hydrogen (secondary N) is 1. The molecule has 1 spiro atoms. The molecule has 2 saturated heterocycles. The fourth-order valence-electron chi connectivity index (χ4n) is 2.23. The van der Waals surface area contributed by atoms with Gasteiger partial charge in [-0.3, -0.25) is 0 Å². The Morgan fingerprint density at radius 1 is 1.67 bits per heavy atom. The number of hydrogen-bond donors (Lipinski definition) is 1. The van der Waals surface area contributed by atoms with Crippen LogP contribution in [0.25, 0.3) is 0 Å². The van der Waals surface area contributed by atoms with Crippen LogP contribution in [0.5, 0.6) is 0 Å². The molecule has 0 aromatic rings. The largest absolute Gasteiger partial charge is 0.440 e. The van der Waals surface area contributed by atoms with E-state index in [0.29, 0.717) is 19.7 Å². The van der Waals surface area contributed by atoms with Gasteiger partial charge in [0.05, 0.1) is 13.2 Å². The Bertz CT molecular complexity index is 239. The van der Waals surface area contributed by atoms with Crippen molar-refractivity contribution in [2.45, 2.75) is 18.4 Å². The van der Waals surface area contributed by atoms with Crippen LogP contribution < -0.4 is 5.32 Å². The zero-order valence-electron chi connectivity index (χ0n) is 9.12. The smallest absolute Gasteiger partial charge is 0.410 e. The van der Waals surface area contributed by atoms with E-state index in [-0.39, 0.29) is 11.7 Å². The highest BCUT2D eigenvalue weighted by Crippen LogP contribution is 2.28. The Balaban J connectivity index is 1.92. The van der Waals surface area contributed by atoms with E-state index in [0.717, 1.165) is 25.9 Å². The molecule has 5 heteroatoms. The molecule has 0 saturated carbocycles. The van der Waals surface area contributed by atoms with Crippen LogP contribution in [0.1, 0.15) is 12.8 Å². The molecule has 2 aliphatic heterocycles. The summed E-state index contributed by atoms with van der Waals surface area (Å²) in [6, 6.07) is 0. The highest BCUT2D eigenvalue weighted by atomic mass is 16.6. The first-order valence-electron chi connectivity index (χ1n) is 5.43. The first kappa shape index (κ1) is 10.7. The monoisotopic (exact) mass is 214 g/mol. The van der Waals surface area contributed by atoms with E-state index in [2.05, 4.69) is 5.32 Å². The van der Waals surface area contributed by atoms with Crippen LogP contribution in [0.3, 0.4) is 0 Å². The van der Waals surface area contributed by atoms with Gasteiger partial charge in [-0.25, -0.2) is 4.79 Å². The average molecular weight is 214 g/mol. The third-order valence-electron chi connectivity index (χ3n) is 3.04. The van der Waals surface area contributed by atoms with E-state index in [1.165, 1.54) is 0 Å². The van der Waals surface area contributed by atoms with Crippen molar-refractivity contribution in [1.82, 2.24) is 10.2 Å². The fraction of sp³-hybridized carbons (Fsp3) is 0.900. The third kappa shape index (κ3) is 2.23. The summed E-state index contributed by atoms with van der Waals surface area (Å²) in [6.45, 7) is 3.69. The number of amides is 1. The van der Waals surface area contributed by atoms with Crippen molar-refractivity contribution in [3.05, 3.63) is 0 Å². The summed E-state index contributed by atoms with van der Waals surface area (Å²) in [5.74, 6) is 0. The molecule has 1 N–H and O–H groups in total. The number of ether oxygens (including phenoxy) is 2. The number of carbonyl (C=O) groups excluding carboxylic acids is 1. The summed E-state index contributed by atoms with van der Waals surface area (Å²) in [5.41, 5.74) is -0.275. The molecule has 0 aliphatic carbocycles. The van der Waals surface area contributed by atoms with Gasteiger partial charge in [0.25, 0.3) is 0 Å². The minimum atomic E-state index is -0.275. The minimum Gasteiger partial charge on any atom is -0.440 e. The lowest BCUT2D eigenvalue weighted by atomic mass is 9.94. The van der Waals surface area contributed by atoms with E-state index in [4.69, 9.17) is 9.47 Å². The average Bonchev–Trinajstić information content (AvgIpc) is 2.53. The molecule has 0 aromatic heterocycles. The van der Waals surface area contributed by atoms with Crippen LogP contribution >= 0.6 is 0 Å². The van der Waals surface area contributed by atoms with Crippen LogP contribution in [0.4, 0.5) is 4.79 Å². The highest BCUT2D eigenvalue weighted by Gasteiger charge is 2.45. The first-order chi connectivity index (χ1) is 7.26. The second kappa shape index (κ2) is 4.37. The van der Waals surface area contributed by atoms with Gasteiger partial charge < -0.3 is 19.7 Å². The lowest BCUT2D eigenvalue weighted by molar-refractivity contribution is 0.0366. The van der Waals surface area contributed by atoms with Crippen molar-refractivity contribution < 1.29 is 14.3 Å². The molecule has 15 heavy (non-hydrogen) atoms. The number of hydrogen-bond acceptors (Lipinski definition) is 4. The SMILES string of the molecule is COCCN1CC2(CCCNC2)OC1=O. The predicted octanol–water partition coefficient (Wildman–Crippen LogP) is 0.207. The summed E-state index contributed by atoms with van der Waals surface area (Å²) in [5, 5.41) is 3.28. The highest BCUT2D eigenvalue weighted by molar-refractivity contribution is 5.70. The van der Waals surface area contributed by atoms with Crippen molar-refractivity contribution >= 4 is 6.09 Å².